The summed E-state index contributed by atoms with van der Waals surface area (Å²) < 4.78 is 22.3. The molecular weight excluding hydrogens is 480 g/mol. The molecule has 0 bridgehead atoms. The van der Waals surface area contributed by atoms with Gasteiger partial charge in [0.1, 0.15) is 0 Å². The van der Waals surface area contributed by atoms with Gasteiger partial charge < -0.3 is 18.9 Å². The predicted octanol–water partition coefficient (Wildman–Crippen LogP) is 8.22. The predicted molar refractivity (Wildman–Crippen MR) is 162 cm³/mol. The van der Waals surface area contributed by atoms with Crippen LogP contribution in [-0.2, 0) is 18.9 Å². The van der Waals surface area contributed by atoms with E-state index < -0.39 is 0 Å². The van der Waals surface area contributed by atoms with Crippen LogP contribution in [0.2, 0.25) is 0 Å². The molecule has 1 unspecified atom stereocenters. The number of allylic oxidation sites excluding steroid dienone is 8. The molecule has 0 aromatic rings. The van der Waals surface area contributed by atoms with Crippen LogP contribution < -0.4 is 0 Å². The highest BCUT2D eigenvalue weighted by Gasteiger charge is 2.27. The summed E-state index contributed by atoms with van der Waals surface area (Å²) in [6, 6.07) is 0. The number of ether oxygens (including phenoxy) is 4. The normalized spacial score (nSPS) is 19.6. The maximum absolute atomic E-state index is 5.64. The highest BCUT2D eigenvalue weighted by molar-refractivity contribution is 7.82. The van der Waals surface area contributed by atoms with Crippen LogP contribution in [-0.4, -0.2) is 57.6 Å². The second-order valence-corrected chi connectivity index (χ2v) is 11.2. The molecule has 1 atom stereocenters. The SMILES string of the molecule is CCCCCCCOCCOCCOCCOC/C=C(C)/C=C/C=C(C)/C=C/C1=C(C)CCCC1(C)S. The summed E-state index contributed by atoms with van der Waals surface area (Å²) in [5, 5.41) is 0. The largest absolute Gasteiger partial charge is 0.379 e. The smallest absolute Gasteiger partial charge is 0.0704 e. The van der Waals surface area contributed by atoms with E-state index in [1.165, 1.54) is 60.8 Å². The molecule has 0 N–H and O–H groups in total. The first kappa shape index (κ1) is 33.9. The lowest BCUT2D eigenvalue weighted by Crippen LogP contribution is -2.23. The Morgan fingerprint density at radius 3 is 2.11 bits per heavy atom. The van der Waals surface area contributed by atoms with Crippen molar-refractivity contribution in [3.8, 4) is 0 Å². The van der Waals surface area contributed by atoms with Crippen LogP contribution in [0.5, 0.6) is 0 Å². The van der Waals surface area contributed by atoms with Crippen molar-refractivity contribution in [1.29, 1.82) is 0 Å². The fourth-order valence-corrected chi connectivity index (χ4v) is 4.60. The van der Waals surface area contributed by atoms with Crippen LogP contribution >= 0.6 is 12.6 Å². The Balaban J connectivity index is 2.05. The van der Waals surface area contributed by atoms with Crippen molar-refractivity contribution in [3.05, 3.63) is 58.7 Å². The fourth-order valence-electron chi connectivity index (χ4n) is 4.18. The van der Waals surface area contributed by atoms with E-state index in [4.69, 9.17) is 31.6 Å². The van der Waals surface area contributed by atoms with E-state index in [0.29, 0.717) is 46.2 Å². The lowest BCUT2D eigenvalue weighted by Gasteiger charge is -2.31. The molecule has 37 heavy (non-hydrogen) atoms. The minimum atomic E-state index is -0.0187. The summed E-state index contributed by atoms with van der Waals surface area (Å²) in [7, 11) is 0. The number of rotatable bonds is 21. The van der Waals surface area contributed by atoms with E-state index in [0.717, 1.165) is 19.4 Å². The minimum absolute atomic E-state index is 0.0187. The molecule has 0 fully saturated rings. The number of hydrogen-bond acceptors (Lipinski definition) is 5. The molecular formula is C32H54O4S. The average Bonchev–Trinajstić information content (AvgIpc) is 2.85. The highest BCUT2D eigenvalue weighted by Crippen LogP contribution is 2.38. The Kier molecular flexibility index (Phi) is 20.0. The first-order valence-electron chi connectivity index (χ1n) is 14.3. The van der Waals surface area contributed by atoms with E-state index in [9.17, 15) is 0 Å². The summed E-state index contributed by atoms with van der Waals surface area (Å²) in [5.41, 5.74) is 5.24. The summed E-state index contributed by atoms with van der Waals surface area (Å²) in [4.78, 5) is 0. The lowest BCUT2D eigenvalue weighted by molar-refractivity contribution is 0.000491. The Hall–Kier alpha value is -1.11. The first-order valence-corrected chi connectivity index (χ1v) is 14.7. The van der Waals surface area contributed by atoms with Gasteiger partial charge in [-0.3, -0.25) is 0 Å². The molecule has 0 radical (unpaired) electrons. The molecule has 0 amide bonds. The second-order valence-electron chi connectivity index (χ2n) is 10.2. The zero-order chi connectivity index (χ0) is 27.2. The first-order chi connectivity index (χ1) is 17.9. The summed E-state index contributed by atoms with van der Waals surface area (Å²) in [6.45, 7) is 16.0. The molecule has 0 saturated carbocycles. The fraction of sp³-hybridized carbons (Fsp3) is 0.688. The van der Waals surface area contributed by atoms with E-state index in [1.807, 2.05) is 0 Å². The average molecular weight is 535 g/mol. The Morgan fingerprint density at radius 1 is 0.838 bits per heavy atom. The van der Waals surface area contributed by atoms with Crippen LogP contribution in [0.1, 0.15) is 86.0 Å². The molecule has 5 heteroatoms. The highest BCUT2D eigenvalue weighted by atomic mass is 32.1. The molecule has 1 aliphatic carbocycles. The molecule has 1 rings (SSSR count). The van der Waals surface area contributed by atoms with Crippen molar-refractivity contribution >= 4 is 12.6 Å². The van der Waals surface area contributed by atoms with Gasteiger partial charge in [-0.05, 0) is 59.0 Å². The maximum Gasteiger partial charge on any atom is 0.0704 e. The molecule has 1 aliphatic rings. The quantitative estimate of drug-likeness (QED) is 0.0914. The van der Waals surface area contributed by atoms with Crippen molar-refractivity contribution in [1.82, 2.24) is 0 Å². The lowest BCUT2D eigenvalue weighted by atomic mass is 9.83. The number of thiol groups is 1. The number of hydrogen-bond donors (Lipinski definition) is 1. The van der Waals surface area contributed by atoms with Gasteiger partial charge in [-0.1, -0.05) is 85.8 Å². The number of unbranched alkanes of at least 4 members (excludes halogenated alkanes) is 4. The van der Waals surface area contributed by atoms with E-state index in [1.54, 1.807) is 0 Å². The van der Waals surface area contributed by atoms with E-state index in [-0.39, 0.29) is 4.75 Å². The van der Waals surface area contributed by atoms with Gasteiger partial charge in [-0.25, -0.2) is 0 Å². The molecule has 4 nitrogen and oxygen atoms in total. The third-order valence-electron chi connectivity index (χ3n) is 6.52. The summed E-state index contributed by atoms with van der Waals surface area (Å²) >= 11 is 4.89. The van der Waals surface area contributed by atoms with Crippen LogP contribution in [0.15, 0.2) is 58.7 Å². The van der Waals surface area contributed by atoms with Crippen LogP contribution in [0, 0.1) is 0 Å². The van der Waals surface area contributed by atoms with Crippen LogP contribution in [0.25, 0.3) is 0 Å². The van der Waals surface area contributed by atoms with Crippen molar-refractivity contribution < 1.29 is 18.9 Å². The Morgan fingerprint density at radius 2 is 1.46 bits per heavy atom. The Bertz CT molecular complexity index is 746. The van der Waals surface area contributed by atoms with Crippen molar-refractivity contribution in [2.45, 2.75) is 90.7 Å². The minimum Gasteiger partial charge on any atom is -0.379 e. The molecule has 212 valence electrons. The van der Waals surface area contributed by atoms with Crippen molar-refractivity contribution in [2.24, 2.45) is 0 Å². The summed E-state index contributed by atoms with van der Waals surface area (Å²) in [6.07, 6.45) is 22.8. The van der Waals surface area contributed by atoms with Crippen molar-refractivity contribution in [2.75, 3.05) is 52.9 Å². The zero-order valence-electron chi connectivity index (χ0n) is 24.4. The molecule has 0 heterocycles. The second kappa shape index (κ2) is 21.8. The van der Waals surface area contributed by atoms with E-state index in [2.05, 4.69) is 71.1 Å². The molecule has 0 aliphatic heterocycles. The third-order valence-corrected chi connectivity index (χ3v) is 6.98. The van der Waals surface area contributed by atoms with Crippen molar-refractivity contribution in [3.63, 3.8) is 0 Å². The molecule has 0 aromatic heterocycles. The molecule has 0 aromatic carbocycles. The van der Waals surface area contributed by atoms with Gasteiger partial charge >= 0.3 is 0 Å². The standard InChI is InChI=1S/C32H54O4S/c1-6-7-8-9-10-20-33-22-24-35-26-27-36-25-23-34-21-18-29(3)14-11-13-28(2)16-17-31-30(4)15-12-19-32(31,5)37/h11,13-14,16-18,37H,6-10,12,15,19-27H2,1-5H3/b14-11+,17-16+,28-13+,29-18+. The van der Waals surface area contributed by atoms with Gasteiger partial charge in [-0.15, -0.1) is 0 Å². The van der Waals surface area contributed by atoms with Gasteiger partial charge in [0.05, 0.1) is 46.2 Å². The maximum atomic E-state index is 5.64. The van der Waals surface area contributed by atoms with E-state index >= 15 is 0 Å². The van der Waals surface area contributed by atoms with Gasteiger partial charge in [0.25, 0.3) is 0 Å². The zero-order valence-corrected chi connectivity index (χ0v) is 25.3. The Labute approximate surface area is 233 Å². The monoisotopic (exact) mass is 534 g/mol. The van der Waals surface area contributed by atoms with Crippen LogP contribution in [0.3, 0.4) is 0 Å². The molecule has 0 spiro atoms. The van der Waals surface area contributed by atoms with Crippen LogP contribution in [0.4, 0.5) is 0 Å². The van der Waals surface area contributed by atoms with Gasteiger partial charge in [-0.2, -0.15) is 12.6 Å². The van der Waals surface area contributed by atoms with Gasteiger partial charge in [0, 0.05) is 11.4 Å². The topological polar surface area (TPSA) is 36.9 Å². The van der Waals surface area contributed by atoms with Gasteiger partial charge in [0.15, 0.2) is 0 Å². The third kappa shape index (κ3) is 17.9. The summed E-state index contributed by atoms with van der Waals surface area (Å²) in [5.74, 6) is 0. The van der Waals surface area contributed by atoms with Gasteiger partial charge in [0.2, 0.25) is 0 Å². The molecule has 0 saturated heterocycles.